The molecule has 0 fully saturated rings. The molecule has 4 heteroatoms. The fourth-order valence-electron chi connectivity index (χ4n) is 3.00. The number of hydrogen-bond acceptors (Lipinski definition) is 3. The molecular weight excluding hydrogens is 294 g/mol. The molecule has 22 heavy (non-hydrogen) atoms. The van der Waals surface area contributed by atoms with E-state index >= 15 is 0 Å². The van der Waals surface area contributed by atoms with E-state index in [-0.39, 0.29) is 11.9 Å². The first kappa shape index (κ1) is 13.6. The van der Waals surface area contributed by atoms with E-state index in [0.717, 1.165) is 34.4 Å². The van der Waals surface area contributed by atoms with Crippen LogP contribution in [-0.2, 0) is 12.8 Å². The van der Waals surface area contributed by atoms with E-state index in [4.69, 9.17) is 4.42 Å². The number of thiophene rings is 1. The van der Waals surface area contributed by atoms with Gasteiger partial charge in [0.15, 0.2) is 0 Å². The fourth-order valence-corrected chi connectivity index (χ4v) is 4.15. The predicted octanol–water partition coefficient (Wildman–Crippen LogP) is 4.47. The maximum atomic E-state index is 12.4. The summed E-state index contributed by atoms with van der Waals surface area (Å²) in [7, 11) is 0. The Morgan fingerprint density at radius 2 is 2.14 bits per heavy atom. The molecule has 1 atom stereocenters. The minimum absolute atomic E-state index is 0.00708. The molecule has 0 aliphatic heterocycles. The van der Waals surface area contributed by atoms with Crippen molar-refractivity contribution >= 4 is 28.2 Å². The third kappa shape index (κ3) is 2.33. The molecule has 3 aromatic rings. The van der Waals surface area contributed by atoms with Crippen molar-refractivity contribution in [2.24, 2.45) is 0 Å². The van der Waals surface area contributed by atoms with Crippen molar-refractivity contribution < 1.29 is 9.21 Å². The molecule has 0 radical (unpaired) electrons. The minimum Gasteiger partial charge on any atom is -0.459 e. The van der Waals surface area contributed by atoms with Crippen LogP contribution in [0.3, 0.4) is 0 Å². The summed E-state index contributed by atoms with van der Waals surface area (Å²) < 4.78 is 5.82. The van der Waals surface area contributed by atoms with Crippen LogP contribution in [0, 0.1) is 0 Å². The van der Waals surface area contributed by atoms with Crippen molar-refractivity contribution in [2.45, 2.75) is 32.2 Å². The minimum atomic E-state index is -0.142. The van der Waals surface area contributed by atoms with Gasteiger partial charge in [0.1, 0.15) is 11.3 Å². The molecule has 0 saturated heterocycles. The molecule has 1 aromatic carbocycles. The number of furan rings is 1. The van der Waals surface area contributed by atoms with Crippen molar-refractivity contribution in [3.8, 4) is 0 Å². The average Bonchev–Trinajstić information content (AvgIpc) is 3.20. The van der Waals surface area contributed by atoms with Crippen LogP contribution in [0.5, 0.6) is 0 Å². The maximum absolute atomic E-state index is 12.4. The summed E-state index contributed by atoms with van der Waals surface area (Å²) in [6.07, 6.45) is 3.45. The number of carbonyl (C=O) groups is 1. The smallest absolute Gasteiger partial charge is 0.261 e. The molecule has 2 aromatic heterocycles. The van der Waals surface area contributed by atoms with Gasteiger partial charge in [0.2, 0.25) is 0 Å². The van der Waals surface area contributed by atoms with Gasteiger partial charge in [-0.1, -0.05) is 18.2 Å². The zero-order chi connectivity index (χ0) is 15.1. The van der Waals surface area contributed by atoms with Crippen LogP contribution in [0.2, 0.25) is 0 Å². The van der Waals surface area contributed by atoms with Crippen LogP contribution in [0.1, 0.15) is 45.3 Å². The lowest BCUT2D eigenvalue weighted by Gasteiger charge is -2.10. The topological polar surface area (TPSA) is 42.2 Å². The molecule has 0 saturated carbocycles. The second-order valence-corrected chi connectivity index (χ2v) is 6.93. The molecule has 1 aliphatic carbocycles. The monoisotopic (exact) mass is 311 g/mol. The molecular formula is C18H17NO2S. The summed E-state index contributed by atoms with van der Waals surface area (Å²) in [6.45, 7) is 1.96. The Morgan fingerprint density at radius 1 is 1.27 bits per heavy atom. The number of carbonyl (C=O) groups excluding carboxylic acids is 1. The van der Waals surface area contributed by atoms with Gasteiger partial charge in [-0.15, -0.1) is 11.3 Å². The standard InChI is InChI=1S/C18H17NO2S/c1-11(15-9-12-5-2-3-7-14(12)21-15)19-18(20)17-10-13-6-4-8-16(13)22-17/h2-3,5,7,9-11H,4,6,8H2,1H3,(H,19,20)/t11-/m0/s1. The number of amides is 1. The number of benzene rings is 1. The van der Waals surface area contributed by atoms with Crippen molar-refractivity contribution in [3.05, 3.63) is 57.5 Å². The lowest BCUT2D eigenvalue weighted by atomic mass is 10.2. The summed E-state index contributed by atoms with van der Waals surface area (Å²) in [5, 5.41) is 4.10. The van der Waals surface area contributed by atoms with Gasteiger partial charge in [0.25, 0.3) is 5.91 Å². The zero-order valence-electron chi connectivity index (χ0n) is 12.4. The summed E-state index contributed by atoms with van der Waals surface area (Å²) in [4.78, 5) is 14.6. The molecule has 0 unspecified atom stereocenters. The Bertz CT molecular complexity index is 791. The van der Waals surface area contributed by atoms with Crippen LogP contribution in [0.4, 0.5) is 0 Å². The van der Waals surface area contributed by atoms with Gasteiger partial charge in [-0.05, 0) is 49.9 Å². The molecule has 0 spiro atoms. The first-order chi connectivity index (χ1) is 10.7. The van der Waals surface area contributed by atoms with Crippen molar-refractivity contribution in [3.63, 3.8) is 0 Å². The highest BCUT2D eigenvalue weighted by atomic mass is 32.1. The Balaban J connectivity index is 1.52. The quantitative estimate of drug-likeness (QED) is 0.775. The van der Waals surface area contributed by atoms with Crippen LogP contribution >= 0.6 is 11.3 Å². The number of nitrogens with one attached hydrogen (secondary N) is 1. The van der Waals surface area contributed by atoms with Crippen LogP contribution in [0.25, 0.3) is 11.0 Å². The number of hydrogen-bond donors (Lipinski definition) is 1. The Morgan fingerprint density at radius 3 is 2.95 bits per heavy atom. The van der Waals surface area contributed by atoms with Crippen LogP contribution in [-0.4, -0.2) is 5.91 Å². The number of para-hydroxylation sites is 1. The van der Waals surface area contributed by atoms with Crippen molar-refractivity contribution in [1.29, 1.82) is 0 Å². The largest absolute Gasteiger partial charge is 0.459 e. The van der Waals surface area contributed by atoms with Crippen LogP contribution < -0.4 is 5.32 Å². The van der Waals surface area contributed by atoms with E-state index in [0.29, 0.717) is 0 Å². The molecule has 4 rings (SSSR count). The third-order valence-corrected chi connectivity index (χ3v) is 5.43. The van der Waals surface area contributed by atoms with E-state index < -0.39 is 0 Å². The molecule has 1 amide bonds. The second kappa shape index (κ2) is 5.29. The van der Waals surface area contributed by atoms with E-state index in [1.165, 1.54) is 16.9 Å². The van der Waals surface area contributed by atoms with Gasteiger partial charge in [0.05, 0.1) is 10.9 Å². The molecule has 1 N–H and O–H groups in total. The van der Waals surface area contributed by atoms with Crippen molar-refractivity contribution in [1.82, 2.24) is 5.32 Å². The van der Waals surface area contributed by atoms with Crippen molar-refractivity contribution in [2.75, 3.05) is 0 Å². The third-order valence-electron chi connectivity index (χ3n) is 4.19. The summed E-state index contributed by atoms with van der Waals surface area (Å²) >= 11 is 1.63. The Labute approximate surface area is 133 Å². The van der Waals surface area contributed by atoms with Gasteiger partial charge in [0, 0.05) is 10.3 Å². The van der Waals surface area contributed by atoms with Gasteiger partial charge in [-0.25, -0.2) is 0 Å². The zero-order valence-corrected chi connectivity index (χ0v) is 13.2. The fraction of sp³-hybridized carbons (Fsp3) is 0.278. The molecule has 0 bridgehead atoms. The Kier molecular flexibility index (Phi) is 3.26. The first-order valence-electron chi connectivity index (χ1n) is 7.61. The van der Waals surface area contributed by atoms with Gasteiger partial charge in [-0.3, -0.25) is 4.79 Å². The van der Waals surface area contributed by atoms with E-state index in [1.807, 2.05) is 43.3 Å². The summed E-state index contributed by atoms with van der Waals surface area (Å²) in [5.41, 5.74) is 2.21. The van der Waals surface area contributed by atoms with E-state index in [2.05, 4.69) is 5.32 Å². The average molecular weight is 311 g/mol. The lowest BCUT2D eigenvalue weighted by Crippen LogP contribution is -2.25. The second-order valence-electron chi connectivity index (χ2n) is 5.79. The molecule has 3 nitrogen and oxygen atoms in total. The maximum Gasteiger partial charge on any atom is 0.261 e. The first-order valence-corrected chi connectivity index (χ1v) is 8.43. The van der Waals surface area contributed by atoms with Gasteiger partial charge >= 0.3 is 0 Å². The molecule has 1 aliphatic rings. The number of fused-ring (bicyclic) bond motifs is 2. The lowest BCUT2D eigenvalue weighted by molar-refractivity contribution is 0.0940. The van der Waals surface area contributed by atoms with E-state index in [9.17, 15) is 4.79 Å². The highest BCUT2D eigenvalue weighted by Gasteiger charge is 2.20. The molecule has 2 heterocycles. The SMILES string of the molecule is C[C@H](NC(=O)c1cc2c(s1)CCC2)c1cc2ccccc2o1. The Hall–Kier alpha value is -2.07. The summed E-state index contributed by atoms with van der Waals surface area (Å²) in [5.74, 6) is 0.783. The number of aryl methyl sites for hydroxylation is 2. The molecule has 112 valence electrons. The van der Waals surface area contributed by atoms with Gasteiger partial charge < -0.3 is 9.73 Å². The highest BCUT2D eigenvalue weighted by molar-refractivity contribution is 7.14. The highest BCUT2D eigenvalue weighted by Crippen LogP contribution is 2.31. The normalized spacial score (nSPS) is 15.0. The number of rotatable bonds is 3. The van der Waals surface area contributed by atoms with Crippen LogP contribution in [0.15, 0.2) is 40.8 Å². The van der Waals surface area contributed by atoms with E-state index in [1.54, 1.807) is 11.3 Å². The summed E-state index contributed by atoms with van der Waals surface area (Å²) in [6, 6.07) is 11.8. The van der Waals surface area contributed by atoms with Gasteiger partial charge in [-0.2, -0.15) is 0 Å². The predicted molar refractivity (Wildman–Crippen MR) is 88.4 cm³/mol.